The van der Waals surface area contributed by atoms with E-state index in [4.69, 9.17) is 5.73 Å². The Hall–Kier alpha value is -2.10. The molecule has 0 spiro atoms. The molecule has 0 aliphatic rings. The van der Waals surface area contributed by atoms with E-state index in [1.54, 1.807) is 12.4 Å². The smallest absolute Gasteiger partial charge is 0.137 e. The number of rotatable bonds is 0. The summed E-state index contributed by atoms with van der Waals surface area (Å²) >= 11 is 0. The van der Waals surface area contributed by atoms with Crippen LogP contribution in [0.25, 0.3) is 16.6 Å². The number of aromatic nitrogens is 3. The fourth-order valence-corrected chi connectivity index (χ4v) is 1.61. The lowest BCUT2D eigenvalue weighted by atomic mass is 10.2. The minimum absolute atomic E-state index is 0.527. The normalized spacial score (nSPS) is 11.1. The van der Waals surface area contributed by atoms with Crippen LogP contribution in [0.5, 0.6) is 0 Å². The summed E-state index contributed by atoms with van der Waals surface area (Å²) in [6, 6.07) is 5.80. The summed E-state index contributed by atoms with van der Waals surface area (Å²) in [7, 11) is 0. The summed E-state index contributed by atoms with van der Waals surface area (Å²) in [5.74, 6) is 0.527. The minimum atomic E-state index is 0.527. The summed E-state index contributed by atoms with van der Waals surface area (Å²) < 4.78 is 1.99. The second-order valence-corrected chi connectivity index (χ2v) is 3.16. The Bertz CT molecular complexity index is 612. The molecule has 0 aromatic carbocycles. The molecule has 2 N–H and O–H groups in total. The molecule has 0 fully saturated rings. The van der Waals surface area contributed by atoms with Crippen molar-refractivity contribution in [2.45, 2.75) is 0 Å². The number of hydrogen-bond acceptors (Lipinski definition) is 3. The third-order valence-electron chi connectivity index (χ3n) is 2.27. The lowest BCUT2D eigenvalue weighted by Crippen LogP contribution is -1.92. The molecule has 3 heterocycles. The second kappa shape index (κ2) is 2.45. The summed E-state index contributed by atoms with van der Waals surface area (Å²) in [5, 5.41) is 1.06. The molecule has 3 aromatic heterocycles. The van der Waals surface area contributed by atoms with Crippen molar-refractivity contribution in [2.75, 3.05) is 5.73 Å². The molecule has 3 rings (SSSR count). The van der Waals surface area contributed by atoms with Crippen LogP contribution >= 0.6 is 0 Å². The van der Waals surface area contributed by atoms with Gasteiger partial charge >= 0.3 is 0 Å². The van der Waals surface area contributed by atoms with Gasteiger partial charge in [0.05, 0.1) is 5.52 Å². The molecule has 0 saturated heterocycles. The molecule has 0 radical (unpaired) electrons. The molecular formula is C10H8N4. The molecule has 14 heavy (non-hydrogen) atoms. The van der Waals surface area contributed by atoms with Crippen molar-refractivity contribution in [1.29, 1.82) is 0 Å². The van der Waals surface area contributed by atoms with Gasteiger partial charge in [0.25, 0.3) is 0 Å². The van der Waals surface area contributed by atoms with Gasteiger partial charge in [-0.2, -0.15) is 0 Å². The van der Waals surface area contributed by atoms with Crippen LogP contribution in [0.2, 0.25) is 0 Å². The molecule has 0 bridgehead atoms. The molecule has 4 heteroatoms. The number of hydrogen-bond donors (Lipinski definition) is 1. The largest absolute Gasteiger partial charge is 0.384 e. The number of nitrogens with zero attached hydrogens (tertiary/aromatic N) is 3. The predicted octanol–water partition coefficient (Wildman–Crippen LogP) is 1.46. The molecule has 0 aliphatic carbocycles. The second-order valence-electron chi connectivity index (χ2n) is 3.16. The predicted molar refractivity (Wildman–Crippen MR) is 54.9 cm³/mol. The number of pyridine rings is 2. The maximum Gasteiger partial charge on any atom is 0.137 e. The first-order valence-electron chi connectivity index (χ1n) is 4.32. The maximum absolute atomic E-state index is 5.64. The Kier molecular flexibility index (Phi) is 1.28. The van der Waals surface area contributed by atoms with Crippen molar-refractivity contribution in [3.05, 3.63) is 36.8 Å². The van der Waals surface area contributed by atoms with Crippen LogP contribution in [0.15, 0.2) is 36.8 Å². The lowest BCUT2D eigenvalue weighted by Gasteiger charge is -2.01. The SMILES string of the molecule is Nc1cc2c(ccc3nccn32)cn1. The van der Waals surface area contributed by atoms with Crippen molar-refractivity contribution < 1.29 is 0 Å². The van der Waals surface area contributed by atoms with Crippen LogP contribution < -0.4 is 5.73 Å². The van der Waals surface area contributed by atoms with E-state index >= 15 is 0 Å². The quantitative estimate of drug-likeness (QED) is 0.575. The maximum atomic E-state index is 5.64. The van der Waals surface area contributed by atoms with E-state index in [2.05, 4.69) is 9.97 Å². The summed E-state index contributed by atoms with van der Waals surface area (Å²) in [4.78, 5) is 8.24. The van der Waals surface area contributed by atoms with Gasteiger partial charge < -0.3 is 5.73 Å². The number of fused-ring (bicyclic) bond motifs is 3. The Balaban J connectivity index is 2.60. The minimum Gasteiger partial charge on any atom is -0.384 e. The zero-order chi connectivity index (χ0) is 9.54. The third kappa shape index (κ3) is 0.877. The van der Waals surface area contributed by atoms with E-state index in [1.807, 2.05) is 28.8 Å². The molecular weight excluding hydrogens is 176 g/mol. The van der Waals surface area contributed by atoms with E-state index in [0.29, 0.717) is 5.82 Å². The van der Waals surface area contributed by atoms with Gasteiger partial charge in [0, 0.05) is 30.0 Å². The van der Waals surface area contributed by atoms with Crippen LogP contribution in [-0.4, -0.2) is 14.4 Å². The number of nitrogens with two attached hydrogens (primary N) is 1. The Morgan fingerprint density at radius 2 is 2.14 bits per heavy atom. The average Bonchev–Trinajstić information content (AvgIpc) is 2.65. The van der Waals surface area contributed by atoms with Gasteiger partial charge in [-0.1, -0.05) is 0 Å². The molecule has 0 amide bonds. The van der Waals surface area contributed by atoms with E-state index in [-0.39, 0.29) is 0 Å². The van der Waals surface area contributed by atoms with Crippen LogP contribution in [0.3, 0.4) is 0 Å². The van der Waals surface area contributed by atoms with Gasteiger partial charge in [-0.3, -0.25) is 4.40 Å². The van der Waals surface area contributed by atoms with Gasteiger partial charge in [0.2, 0.25) is 0 Å². The first kappa shape index (κ1) is 7.32. The lowest BCUT2D eigenvalue weighted by molar-refractivity contribution is 1.24. The fraction of sp³-hybridized carbons (Fsp3) is 0. The highest BCUT2D eigenvalue weighted by atomic mass is 15.0. The van der Waals surface area contributed by atoms with E-state index in [1.165, 1.54) is 0 Å². The number of imidazole rings is 1. The van der Waals surface area contributed by atoms with Crippen molar-refractivity contribution in [3.63, 3.8) is 0 Å². The first-order chi connectivity index (χ1) is 6.84. The van der Waals surface area contributed by atoms with Crippen LogP contribution in [0, 0.1) is 0 Å². The fourth-order valence-electron chi connectivity index (χ4n) is 1.61. The van der Waals surface area contributed by atoms with Gasteiger partial charge in [0.1, 0.15) is 11.5 Å². The van der Waals surface area contributed by atoms with Crippen molar-refractivity contribution in [3.8, 4) is 0 Å². The van der Waals surface area contributed by atoms with Gasteiger partial charge in [-0.05, 0) is 12.1 Å². The summed E-state index contributed by atoms with van der Waals surface area (Å²) in [6.45, 7) is 0. The van der Waals surface area contributed by atoms with E-state index in [9.17, 15) is 0 Å². The highest BCUT2D eigenvalue weighted by molar-refractivity contribution is 5.82. The van der Waals surface area contributed by atoms with E-state index < -0.39 is 0 Å². The molecule has 0 saturated carbocycles. The number of nitrogen functional groups attached to an aromatic ring is 1. The van der Waals surface area contributed by atoms with Gasteiger partial charge in [-0.15, -0.1) is 0 Å². The zero-order valence-electron chi connectivity index (χ0n) is 7.38. The Morgan fingerprint density at radius 3 is 3.07 bits per heavy atom. The van der Waals surface area contributed by atoms with Crippen molar-refractivity contribution >= 4 is 22.4 Å². The Labute approximate surface area is 80.0 Å². The Morgan fingerprint density at radius 1 is 1.21 bits per heavy atom. The van der Waals surface area contributed by atoms with Crippen LogP contribution in [-0.2, 0) is 0 Å². The third-order valence-corrected chi connectivity index (χ3v) is 2.27. The van der Waals surface area contributed by atoms with Gasteiger partial charge in [-0.25, -0.2) is 9.97 Å². The molecule has 0 aliphatic heterocycles. The first-order valence-corrected chi connectivity index (χ1v) is 4.32. The van der Waals surface area contributed by atoms with Crippen molar-refractivity contribution in [1.82, 2.24) is 14.4 Å². The molecule has 68 valence electrons. The van der Waals surface area contributed by atoms with Gasteiger partial charge in [0.15, 0.2) is 0 Å². The van der Waals surface area contributed by atoms with E-state index in [0.717, 1.165) is 16.6 Å². The zero-order valence-corrected chi connectivity index (χ0v) is 7.38. The monoisotopic (exact) mass is 184 g/mol. The highest BCUT2D eigenvalue weighted by Gasteiger charge is 2.00. The molecule has 0 unspecified atom stereocenters. The standard InChI is InChI=1S/C10H8N4/c11-9-5-8-7(6-13-9)1-2-10-12-3-4-14(8)10/h1-6H,(H2,11,13). The average molecular weight is 184 g/mol. The molecule has 3 aromatic rings. The highest BCUT2D eigenvalue weighted by Crippen LogP contribution is 2.16. The summed E-state index contributed by atoms with van der Waals surface area (Å²) in [6.07, 6.45) is 5.45. The summed E-state index contributed by atoms with van der Waals surface area (Å²) in [5.41, 5.74) is 7.59. The topological polar surface area (TPSA) is 56.2 Å². The molecule has 0 atom stereocenters. The molecule has 4 nitrogen and oxygen atoms in total. The van der Waals surface area contributed by atoms with Crippen LogP contribution in [0.1, 0.15) is 0 Å². The van der Waals surface area contributed by atoms with Crippen molar-refractivity contribution in [2.24, 2.45) is 0 Å². The van der Waals surface area contributed by atoms with Crippen LogP contribution in [0.4, 0.5) is 5.82 Å². The number of anilines is 1.